The van der Waals surface area contributed by atoms with Gasteiger partial charge in [0.25, 0.3) is 0 Å². The highest BCUT2D eigenvalue weighted by Gasteiger charge is 2.53. The molecule has 2 rings (SSSR count). The van der Waals surface area contributed by atoms with Crippen LogP contribution in [-0.2, 0) is 4.74 Å². The Morgan fingerprint density at radius 1 is 1.25 bits per heavy atom. The third-order valence-corrected chi connectivity index (χ3v) is 3.69. The smallest absolute Gasteiger partial charge is 0.0580 e. The Bertz CT molecular complexity index is 143. The van der Waals surface area contributed by atoms with Crippen LogP contribution in [0.3, 0.4) is 0 Å². The molecule has 0 aliphatic heterocycles. The summed E-state index contributed by atoms with van der Waals surface area (Å²) in [5.74, 6) is 3.01. The maximum atomic E-state index is 5.66. The molecule has 0 bridgehead atoms. The van der Waals surface area contributed by atoms with Gasteiger partial charge in [0.1, 0.15) is 0 Å². The Hall–Kier alpha value is -0.0400. The van der Waals surface area contributed by atoms with Gasteiger partial charge in [0.15, 0.2) is 0 Å². The van der Waals surface area contributed by atoms with Crippen molar-refractivity contribution in [1.82, 2.24) is 0 Å². The molecule has 0 spiro atoms. The van der Waals surface area contributed by atoms with E-state index in [9.17, 15) is 0 Å². The van der Waals surface area contributed by atoms with Gasteiger partial charge < -0.3 is 4.74 Å². The number of hydrogen-bond donors (Lipinski definition) is 0. The first kappa shape index (κ1) is 8.55. The first-order chi connectivity index (χ1) is 5.84. The molecule has 0 aromatic heterocycles. The van der Waals surface area contributed by atoms with Gasteiger partial charge in [-0.15, -0.1) is 0 Å². The number of hydrogen-bond acceptors (Lipinski definition) is 1. The summed E-state index contributed by atoms with van der Waals surface area (Å²) < 4.78 is 5.66. The highest BCUT2D eigenvalue weighted by Crippen LogP contribution is 2.57. The zero-order valence-corrected chi connectivity index (χ0v) is 8.25. The lowest BCUT2D eigenvalue weighted by atomic mass is 10.0. The fourth-order valence-corrected chi connectivity index (χ4v) is 3.12. The molecular formula is C11H20O. The average molecular weight is 168 g/mol. The first-order valence-corrected chi connectivity index (χ1v) is 5.46. The van der Waals surface area contributed by atoms with E-state index in [0.29, 0.717) is 6.10 Å². The van der Waals surface area contributed by atoms with E-state index in [1.807, 2.05) is 0 Å². The summed E-state index contributed by atoms with van der Waals surface area (Å²) >= 11 is 0. The summed E-state index contributed by atoms with van der Waals surface area (Å²) in [7, 11) is 0. The molecule has 0 aromatic rings. The molecule has 12 heavy (non-hydrogen) atoms. The van der Waals surface area contributed by atoms with Gasteiger partial charge in [-0.25, -0.2) is 0 Å². The topological polar surface area (TPSA) is 9.23 Å². The third kappa shape index (κ3) is 1.39. The van der Waals surface area contributed by atoms with Crippen molar-refractivity contribution < 1.29 is 4.74 Å². The van der Waals surface area contributed by atoms with Crippen molar-refractivity contribution in [3.05, 3.63) is 0 Å². The van der Waals surface area contributed by atoms with Crippen molar-refractivity contribution in [2.45, 2.75) is 45.6 Å². The maximum absolute atomic E-state index is 5.66. The molecule has 3 atom stereocenters. The summed E-state index contributed by atoms with van der Waals surface area (Å²) in [6, 6.07) is 0. The Labute approximate surface area is 75.5 Å². The summed E-state index contributed by atoms with van der Waals surface area (Å²) in [6.45, 7) is 5.24. The van der Waals surface area contributed by atoms with Crippen LogP contribution in [-0.4, -0.2) is 12.7 Å². The molecule has 1 nitrogen and oxygen atoms in total. The molecule has 0 saturated heterocycles. The van der Waals surface area contributed by atoms with E-state index in [1.165, 1.54) is 25.7 Å². The van der Waals surface area contributed by atoms with E-state index in [-0.39, 0.29) is 0 Å². The molecule has 70 valence electrons. The number of rotatable bonds is 3. The summed E-state index contributed by atoms with van der Waals surface area (Å²) in [5, 5.41) is 0. The van der Waals surface area contributed by atoms with Crippen LogP contribution in [0.25, 0.3) is 0 Å². The SMILES string of the molecule is CCO[C@H](C)C1[C@H]2CCCC[C@H]12. The molecule has 2 aliphatic carbocycles. The zero-order chi connectivity index (χ0) is 8.55. The van der Waals surface area contributed by atoms with E-state index in [1.54, 1.807) is 0 Å². The maximum Gasteiger partial charge on any atom is 0.0580 e. The molecule has 0 N–H and O–H groups in total. The lowest BCUT2D eigenvalue weighted by molar-refractivity contribution is 0.0541. The van der Waals surface area contributed by atoms with Crippen molar-refractivity contribution in [2.75, 3.05) is 6.61 Å². The molecule has 0 aromatic carbocycles. The standard InChI is InChI=1S/C11H20O/c1-3-12-8(2)11-9-6-4-5-7-10(9)11/h8-11H,3-7H2,1-2H3/t8-,9+,10+/m1/s1. The zero-order valence-electron chi connectivity index (χ0n) is 8.25. The fourth-order valence-electron chi connectivity index (χ4n) is 3.12. The van der Waals surface area contributed by atoms with Crippen LogP contribution in [0.2, 0.25) is 0 Å². The molecule has 0 heterocycles. The van der Waals surface area contributed by atoms with Crippen LogP contribution in [0.15, 0.2) is 0 Å². The van der Waals surface area contributed by atoms with Gasteiger partial charge in [-0.2, -0.15) is 0 Å². The van der Waals surface area contributed by atoms with Gasteiger partial charge in [0.05, 0.1) is 6.10 Å². The fraction of sp³-hybridized carbons (Fsp3) is 1.00. The van der Waals surface area contributed by atoms with Gasteiger partial charge in [-0.05, 0) is 44.4 Å². The molecule has 2 fully saturated rings. The van der Waals surface area contributed by atoms with Crippen LogP contribution < -0.4 is 0 Å². The van der Waals surface area contributed by atoms with E-state index in [0.717, 1.165) is 24.4 Å². The predicted molar refractivity (Wildman–Crippen MR) is 50.0 cm³/mol. The minimum Gasteiger partial charge on any atom is -0.378 e. The molecular weight excluding hydrogens is 148 g/mol. The van der Waals surface area contributed by atoms with Crippen LogP contribution in [0.5, 0.6) is 0 Å². The van der Waals surface area contributed by atoms with Crippen LogP contribution in [0.1, 0.15) is 39.5 Å². The van der Waals surface area contributed by atoms with Crippen molar-refractivity contribution in [1.29, 1.82) is 0 Å². The predicted octanol–water partition coefficient (Wildman–Crippen LogP) is 2.85. The van der Waals surface area contributed by atoms with E-state index in [2.05, 4.69) is 13.8 Å². The van der Waals surface area contributed by atoms with Crippen LogP contribution in [0, 0.1) is 17.8 Å². The second kappa shape index (κ2) is 3.37. The second-order valence-electron chi connectivity index (χ2n) is 4.35. The van der Waals surface area contributed by atoms with E-state index in [4.69, 9.17) is 4.74 Å². The third-order valence-electron chi connectivity index (χ3n) is 3.69. The molecule has 0 amide bonds. The summed E-state index contributed by atoms with van der Waals surface area (Å²) in [4.78, 5) is 0. The highest BCUT2D eigenvalue weighted by atomic mass is 16.5. The Morgan fingerprint density at radius 3 is 2.33 bits per heavy atom. The number of fused-ring (bicyclic) bond motifs is 1. The van der Waals surface area contributed by atoms with Gasteiger partial charge >= 0.3 is 0 Å². The molecule has 2 aliphatic rings. The summed E-state index contributed by atoms with van der Waals surface area (Å²) in [5.41, 5.74) is 0. The minimum absolute atomic E-state index is 0.531. The first-order valence-electron chi connectivity index (χ1n) is 5.46. The highest BCUT2D eigenvalue weighted by molar-refractivity contribution is 5.01. The average Bonchev–Trinajstić information content (AvgIpc) is 2.78. The molecule has 0 unspecified atom stereocenters. The summed E-state index contributed by atoms with van der Waals surface area (Å²) in [6.07, 6.45) is 6.43. The molecule has 1 heteroatoms. The Balaban J connectivity index is 1.83. The van der Waals surface area contributed by atoms with E-state index < -0.39 is 0 Å². The second-order valence-corrected chi connectivity index (χ2v) is 4.35. The van der Waals surface area contributed by atoms with Gasteiger partial charge in [-0.3, -0.25) is 0 Å². The molecule has 0 radical (unpaired) electrons. The number of ether oxygens (including phenoxy) is 1. The minimum atomic E-state index is 0.531. The lowest BCUT2D eigenvalue weighted by Gasteiger charge is -2.10. The largest absolute Gasteiger partial charge is 0.378 e. The van der Waals surface area contributed by atoms with Crippen molar-refractivity contribution in [3.63, 3.8) is 0 Å². The lowest BCUT2D eigenvalue weighted by Crippen LogP contribution is -2.12. The van der Waals surface area contributed by atoms with Crippen molar-refractivity contribution in [3.8, 4) is 0 Å². The van der Waals surface area contributed by atoms with Gasteiger partial charge in [0.2, 0.25) is 0 Å². The molecule has 2 saturated carbocycles. The Morgan fingerprint density at radius 2 is 1.83 bits per heavy atom. The van der Waals surface area contributed by atoms with Crippen molar-refractivity contribution in [2.24, 2.45) is 17.8 Å². The normalized spacial score (nSPS) is 42.0. The monoisotopic (exact) mass is 168 g/mol. The quantitative estimate of drug-likeness (QED) is 0.629. The van der Waals surface area contributed by atoms with Gasteiger partial charge in [-0.1, -0.05) is 12.8 Å². The van der Waals surface area contributed by atoms with Crippen LogP contribution >= 0.6 is 0 Å². The van der Waals surface area contributed by atoms with Gasteiger partial charge in [0, 0.05) is 6.61 Å². The van der Waals surface area contributed by atoms with Crippen molar-refractivity contribution >= 4 is 0 Å². The van der Waals surface area contributed by atoms with Crippen LogP contribution in [0.4, 0.5) is 0 Å². The van der Waals surface area contributed by atoms with E-state index >= 15 is 0 Å². The Kier molecular flexibility index (Phi) is 2.40.